The molecule has 2 nitrogen and oxygen atoms in total. The Morgan fingerprint density at radius 3 is 2.43 bits per heavy atom. The molecule has 0 amide bonds. The third-order valence-corrected chi connectivity index (χ3v) is 3.91. The molecule has 2 atom stereocenters. The highest BCUT2D eigenvalue weighted by Crippen LogP contribution is 2.30. The number of carbonyl (C=O) groups excluding carboxylic acids is 1. The molecule has 0 aliphatic carbocycles. The Morgan fingerprint density at radius 2 is 1.67 bits per heavy atom. The molecule has 0 aromatic carbocycles. The van der Waals surface area contributed by atoms with Gasteiger partial charge in [-0.25, -0.2) is 0 Å². The summed E-state index contributed by atoms with van der Waals surface area (Å²) in [5.74, 6) is 0.322. The number of epoxide rings is 1. The van der Waals surface area contributed by atoms with Crippen LogP contribution in [0, 0.1) is 0 Å². The summed E-state index contributed by atoms with van der Waals surface area (Å²) < 4.78 is 5.69. The molecule has 0 saturated carbocycles. The van der Waals surface area contributed by atoms with Crippen LogP contribution in [0.25, 0.3) is 0 Å². The van der Waals surface area contributed by atoms with Gasteiger partial charge in [0.1, 0.15) is 5.78 Å². The van der Waals surface area contributed by atoms with Crippen molar-refractivity contribution >= 4 is 5.78 Å². The zero-order valence-electron chi connectivity index (χ0n) is 13.9. The van der Waals surface area contributed by atoms with Crippen LogP contribution in [0.3, 0.4) is 0 Å². The molecule has 0 N–H and O–H groups in total. The predicted molar refractivity (Wildman–Crippen MR) is 89.5 cm³/mol. The van der Waals surface area contributed by atoms with E-state index in [2.05, 4.69) is 31.2 Å². The van der Waals surface area contributed by atoms with Gasteiger partial charge in [-0.1, -0.05) is 56.9 Å². The molecule has 1 fully saturated rings. The van der Waals surface area contributed by atoms with Crippen molar-refractivity contribution in [1.82, 2.24) is 0 Å². The Morgan fingerprint density at radius 1 is 0.952 bits per heavy atom. The van der Waals surface area contributed by atoms with E-state index in [1.54, 1.807) is 6.92 Å². The average molecular weight is 292 g/mol. The fraction of sp³-hybridized carbons (Fsp3) is 0.737. The van der Waals surface area contributed by atoms with Gasteiger partial charge in [-0.3, -0.25) is 0 Å². The van der Waals surface area contributed by atoms with Gasteiger partial charge in [-0.15, -0.1) is 0 Å². The number of hydrogen-bond donors (Lipinski definition) is 0. The Kier molecular flexibility index (Phi) is 10.1. The number of unbranched alkanes of at least 4 members (excludes halogenated alkanes) is 4. The summed E-state index contributed by atoms with van der Waals surface area (Å²) in [6, 6.07) is 0. The van der Waals surface area contributed by atoms with E-state index in [9.17, 15) is 4.79 Å². The van der Waals surface area contributed by atoms with Crippen molar-refractivity contribution in [3.63, 3.8) is 0 Å². The van der Waals surface area contributed by atoms with E-state index in [1.807, 2.05) is 0 Å². The lowest BCUT2D eigenvalue weighted by Crippen LogP contribution is -1.93. The first kappa shape index (κ1) is 18.2. The Hall–Kier alpha value is -0.890. The lowest BCUT2D eigenvalue weighted by Gasteiger charge is -1.99. The summed E-state index contributed by atoms with van der Waals surface area (Å²) in [5, 5.41) is 0. The number of hydrogen-bond acceptors (Lipinski definition) is 2. The van der Waals surface area contributed by atoms with Crippen LogP contribution in [0.15, 0.2) is 24.3 Å². The van der Waals surface area contributed by atoms with Crippen molar-refractivity contribution in [1.29, 1.82) is 0 Å². The Bertz CT molecular complexity index is 330. The first-order valence-electron chi connectivity index (χ1n) is 8.69. The average Bonchev–Trinajstić information content (AvgIpc) is 3.20. The minimum Gasteiger partial charge on any atom is -0.369 e. The van der Waals surface area contributed by atoms with E-state index in [0.29, 0.717) is 18.0 Å². The molecule has 1 saturated heterocycles. The second-order valence-corrected chi connectivity index (χ2v) is 6.04. The molecule has 0 aromatic heterocycles. The fourth-order valence-corrected chi connectivity index (χ4v) is 2.56. The van der Waals surface area contributed by atoms with Gasteiger partial charge < -0.3 is 9.53 Å². The number of ketones is 1. The van der Waals surface area contributed by atoms with E-state index >= 15 is 0 Å². The molecular formula is C19H32O2. The smallest absolute Gasteiger partial charge is 0.129 e. The van der Waals surface area contributed by atoms with Gasteiger partial charge in [0.15, 0.2) is 0 Å². The van der Waals surface area contributed by atoms with E-state index in [-0.39, 0.29) is 0 Å². The summed E-state index contributed by atoms with van der Waals surface area (Å²) in [6.07, 6.45) is 21.2. The highest BCUT2D eigenvalue weighted by Gasteiger charge is 2.36. The van der Waals surface area contributed by atoms with Crippen LogP contribution in [-0.4, -0.2) is 18.0 Å². The van der Waals surface area contributed by atoms with E-state index in [1.165, 1.54) is 32.1 Å². The van der Waals surface area contributed by atoms with Crippen LogP contribution in [0.5, 0.6) is 0 Å². The van der Waals surface area contributed by atoms with E-state index < -0.39 is 0 Å². The molecule has 0 bridgehead atoms. The minimum absolute atomic E-state index is 0.322. The molecule has 21 heavy (non-hydrogen) atoms. The van der Waals surface area contributed by atoms with Crippen molar-refractivity contribution in [3.05, 3.63) is 24.3 Å². The summed E-state index contributed by atoms with van der Waals surface area (Å²) in [6.45, 7) is 3.84. The van der Waals surface area contributed by atoms with Gasteiger partial charge in [0.2, 0.25) is 0 Å². The van der Waals surface area contributed by atoms with Crippen molar-refractivity contribution in [2.24, 2.45) is 0 Å². The predicted octanol–water partition coefficient (Wildman–Crippen LogP) is 5.38. The third kappa shape index (κ3) is 10.5. The molecule has 2 heteroatoms. The monoisotopic (exact) mass is 292 g/mol. The van der Waals surface area contributed by atoms with Crippen LogP contribution in [0.4, 0.5) is 0 Å². The van der Waals surface area contributed by atoms with Crippen molar-refractivity contribution in [2.75, 3.05) is 0 Å². The maximum atomic E-state index is 10.8. The Balaban J connectivity index is 1.86. The quantitative estimate of drug-likeness (QED) is 0.259. The van der Waals surface area contributed by atoms with Gasteiger partial charge in [0.05, 0.1) is 12.2 Å². The standard InChI is InChI=1S/C19H32O2/c1-3-4-5-6-9-12-15-18-19(21-18)16-13-10-7-8-11-14-17(2)20/h4-5,9,12,18-19H,3,6-8,10-11,13-16H2,1-2H3/b5-4-,12-9-. The second-order valence-electron chi connectivity index (χ2n) is 6.04. The molecule has 0 aromatic rings. The normalized spacial score (nSPS) is 21.4. The topological polar surface area (TPSA) is 29.6 Å². The molecule has 1 aliphatic rings. The van der Waals surface area contributed by atoms with Gasteiger partial charge in [-0.2, -0.15) is 0 Å². The van der Waals surface area contributed by atoms with Crippen LogP contribution in [0.2, 0.25) is 0 Å². The number of allylic oxidation sites excluding steroid dienone is 3. The Labute approximate surface area is 130 Å². The summed E-state index contributed by atoms with van der Waals surface area (Å²) in [4.78, 5) is 10.8. The first-order chi connectivity index (χ1) is 10.2. The highest BCUT2D eigenvalue weighted by molar-refractivity contribution is 5.75. The molecule has 1 aliphatic heterocycles. The largest absolute Gasteiger partial charge is 0.369 e. The van der Waals surface area contributed by atoms with Crippen molar-refractivity contribution < 1.29 is 9.53 Å². The van der Waals surface area contributed by atoms with Crippen LogP contribution in [-0.2, 0) is 9.53 Å². The van der Waals surface area contributed by atoms with E-state index in [4.69, 9.17) is 4.74 Å². The van der Waals surface area contributed by atoms with Gasteiger partial charge >= 0.3 is 0 Å². The van der Waals surface area contributed by atoms with Crippen LogP contribution in [0.1, 0.15) is 78.1 Å². The van der Waals surface area contributed by atoms with Crippen molar-refractivity contribution in [3.8, 4) is 0 Å². The number of carbonyl (C=O) groups is 1. The summed E-state index contributed by atoms with van der Waals surface area (Å²) >= 11 is 0. The lowest BCUT2D eigenvalue weighted by atomic mass is 10.1. The molecule has 0 spiro atoms. The number of rotatable bonds is 13. The van der Waals surface area contributed by atoms with Crippen molar-refractivity contribution in [2.45, 2.75) is 90.3 Å². The zero-order valence-corrected chi connectivity index (χ0v) is 13.9. The number of Topliss-reactive ketones (excluding diaryl/α,β-unsaturated/α-hetero) is 1. The third-order valence-electron chi connectivity index (χ3n) is 3.91. The maximum Gasteiger partial charge on any atom is 0.129 e. The fourth-order valence-electron chi connectivity index (χ4n) is 2.56. The molecular weight excluding hydrogens is 260 g/mol. The molecule has 120 valence electrons. The number of ether oxygens (including phenoxy) is 1. The van der Waals surface area contributed by atoms with Gasteiger partial charge in [0, 0.05) is 6.42 Å². The van der Waals surface area contributed by atoms with E-state index in [0.717, 1.165) is 32.1 Å². The molecule has 1 heterocycles. The first-order valence-corrected chi connectivity index (χ1v) is 8.69. The maximum absolute atomic E-state index is 10.8. The van der Waals surface area contributed by atoms with Crippen LogP contribution >= 0.6 is 0 Å². The summed E-state index contributed by atoms with van der Waals surface area (Å²) in [7, 11) is 0. The van der Waals surface area contributed by atoms with Gasteiger partial charge in [-0.05, 0) is 39.0 Å². The minimum atomic E-state index is 0.322. The zero-order chi connectivity index (χ0) is 15.3. The van der Waals surface area contributed by atoms with Crippen LogP contribution < -0.4 is 0 Å². The lowest BCUT2D eigenvalue weighted by molar-refractivity contribution is -0.117. The second kappa shape index (κ2) is 11.7. The van der Waals surface area contributed by atoms with Gasteiger partial charge in [0.25, 0.3) is 0 Å². The summed E-state index contributed by atoms with van der Waals surface area (Å²) in [5.41, 5.74) is 0. The SMILES string of the molecule is CC/C=C\C/C=C\CC1OC1CCCCCCCC(C)=O. The molecule has 0 radical (unpaired) electrons. The highest BCUT2D eigenvalue weighted by atomic mass is 16.6. The molecule has 2 unspecified atom stereocenters. The molecule has 1 rings (SSSR count).